The highest BCUT2D eigenvalue weighted by Crippen LogP contribution is 2.42. The predicted molar refractivity (Wildman–Crippen MR) is 76.4 cm³/mol. The highest BCUT2D eigenvalue weighted by molar-refractivity contribution is 8.00. The summed E-state index contributed by atoms with van der Waals surface area (Å²) in [5.41, 5.74) is -3.99. The molecule has 19 heavy (non-hydrogen) atoms. The summed E-state index contributed by atoms with van der Waals surface area (Å²) in [4.78, 5) is 0. The molecule has 5 heteroatoms. The van der Waals surface area contributed by atoms with Crippen LogP contribution in [0.4, 0.5) is 13.2 Å². The van der Waals surface area contributed by atoms with E-state index in [1.54, 1.807) is 0 Å². The lowest BCUT2D eigenvalue weighted by Crippen LogP contribution is -2.45. The molecule has 0 aromatic rings. The van der Waals surface area contributed by atoms with Crippen LogP contribution in [0.15, 0.2) is 0 Å². The highest BCUT2D eigenvalue weighted by Gasteiger charge is 2.35. The Labute approximate surface area is 119 Å². The minimum absolute atomic E-state index is 0.0294. The van der Waals surface area contributed by atoms with Gasteiger partial charge in [-0.1, -0.05) is 31.0 Å². The topological polar surface area (TPSA) is 12.0 Å². The molecule has 0 amide bonds. The van der Waals surface area contributed by atoms with Crippen LogP contribution in [0.1, 0.15) is 59.3 Å². The molecular formula is C14H26F3NS. The second-order valence-electron chi connectivity index (χ2n) is 6.71. The first-order valence-electron chi connectivity index (χ1n) is 7.08. The van der Waals surface area contributed by atoms with Gasteiger partial charge in [-0.3, -0.25) is 0 Å². The van der Waals surface area contributed by atoms with Crippen molar-refractivity contribution in [1.29, 1.82) is 0 Å². The Balaban J connectivity index is 2.50. The lowest BCUT2D eigenvalue weighted by molar-refractivity contribution is -0.0329. The molecule has 0 unspecified atom stereocenters. The molecule has 0 saturated heterocycles. The van der Waals surface area contributed by atoms with E-state index in [1.165, 1.54) is 6.42 Å². The molecule has 1 fully saturated rings. The van der Waals surface area contributed by atoms with E-state index in [-0.39, 0.29) is 28.5 Å². The minimum atomic E-state index is -4.09. The Bertz CT molecular complexity index is 265. The van der Waals surface area contributed by atoms with Crippen LogP contribution >= 0.6 is 11.8 Å². The molecule has 1 aliphatic carbocycles. The van der Waals surface area contributed by atoms with Crippen LogP contribution < -0.4 is 5.32 Å². The number of thioether (sulfide) groups is 1. The molecule has 114 valence electrons. The largest absolute Gasteiger partial charge is 0.441 e. The molecule has 0 aliphatic heterocycles. The molecule has 1 saturated carbocycles. The quantitative estimate of drug-likeness (QED) is 0.769. The highest BCUT2D eigenvalue weighted by atomic mass is 32.2. The normalized spacial score (nSPS) is 20.5. The zero-order valence-electron chi connectivity index (χ0n) is 12.2. The van der Waals surface area contributed by atoms with E-state index >= 15 is 0 Å². The summed E-state index contributed by atoms with van der Waals surface area (Å²) < 4.78 is 36.8. The maximum absolute atomic E-state index is 12.3. The van der Waals surface area contributed by atoms with Crippen molar-refractivity contribution >= 4 is 11.8 Å². The van der Waals surface area contributed by atoms with E-state index in [4.69, 9.17) is 0 Å². The summed E-state index contributed by atoms with van der Waals surface area (Å²) in [6, 6.07) is 0. The van der Waals surface area contributed by atoms with Gasteiger partial charge in [0.05, 0.1) is 0 Å². The third-order valence-corrected chi connectivity index (χ3v) is 4.54. The fourth-order valence-electron chi connectivity index (χ4n) is 2.65. The number of alkyl halides is 3. The lowest BCUT2D eigenvalue weighted by Gasteiger charge is -2.40. The average molecular weight is 297 g/mol. The summed E-state index contributed by atoms with van der Waals surface area (Å²) in [5.74, 6) is 0.190. The number of nitrogens with one attached hydrogen (secondary N) is 1. The van der Waals surface area contributed by atoms with E-state index in [2.05, 4.69) is 26.1 Å². The first-order chi connectivity index (χ1) is 8.62. The fraction of sp³-hybridized carbons (Fsp3) is 1.00. The van der Waals surface area contributed by atoms with Crippen LogP contribution in [-0.4, -0.2) is 23.3 Å². The number of rotatable bonds is 5. The van der Waals surface area contributed by atoms with E-state index < -0.39 is 5.51 Å². The maximum atomic E-state index is 12.3. The van der Waals surface area contributed by atoms with Gasteiger partial charge >= 0.3 is 5.51 Å². The van der Waals surface area contributed by atoms with Gasteiger partial charge in [0, 0.05) is 17.8 Å². The van der Waals surface area contributed by atoms with Crippen LogP contribution in [0.2, 0.25) is 0 Å². The third-order valence-electron chi connectivity index (χ3n) is 3.81. The van der Waals surface area contributed by atoms with Crippen LogP contribution in [0, 0.1) is 5.41 Å². The second kappa shape index (κ2) is 6.70. The average Bonchev–Trinajstić information content (AvgIpc) is 2.25. The first-order valence-corrected chi connectivity index (χ1v) is 8.06. The van der Waals surface area contributed by atoms with Gasteiger partial charge in [0.1, 0.15) is 0 Å². The summed E-state index contributed by atoms with van der Waals surface area (Å²) in [6.45, 7) is 7.16. The first kappa shape index (κ1) is 17.2. The SMILES string of the molecule is CC(C)(C)NCC1(CCSC(F)(F)F)CCCCC1. The van der Waals surface area contributed by atoms with Crippen LogP contribution in [-0.2, 0) is 0 Å². The molecule has 1 aliphatic rings. The number of halogens is 3. The van der Waals surface area contributed by atoms with E-state index in [1.807, 2.05) is 0 Å². The van der Waals surface area contributed by atoms with Crippen LogP contribution in [0.5, 0.6) is 0 Å². The molecule has 1 nitrogen and oxygen atoms in total. The molecule has 0 aromatic carbocycles. The fourth-order valence-corrected chi connectivity index (χ4v) is 3.42. The molecule has 0 bridgehead atoms. The van der Waals surface area contributed by atoms with Crippen molar-refractivity contribution in [3.8, 4) is 0 Å². The summed E-state index contributed by atoms with van der Waals surface area (Å²) in [7, 11) is 0. The summed E-state index contributed by atoms with van der Waals surface area (Å²) in [5, 5.41) is 3.49. The molecule has 1 N–H and O–H groups in total. The van der Waals surface area contributed by atoms with E-state index in [0.29, 0.717) is 6.42 Å². The molecule has 0 radical (unpaired) electrons. The Morgan fingerprint density at radius 2 is 1.63 bits per heavy atom. The molecular weight excluding hydrogens is 271 g/mol. The van der Waals surface area contributed by atoms with Crippen molar-refractivity contribution in [2.45, 2.75) is 70.3 Å². The van der Waals surface area contributed by atoms with Gasteiger partial charge in [-0.15, -0.1) is 0 Å². The van der Waals surface area contributed by atoms with Gasteiger partial charge in [0.15, 0.2) is 0 Å². The van der Waals surface area contributed by atoms with Crippen molar-refractivity contribution in [2.75, 3.05) is 12.3 Å². The van der Waals surface area contributed by atoms with Gasteiger partial charge in [0.2, 0.25) is 0 Å². The van der Waals surface area contributed by atoms with Gasteiger partial charge in [-0.25, -0.2) is 0 Å². The van der Waals surface area contributed by atoms with Gasteiger partial charge < -0.3 is 5.32 Å². The third kappa shape index (κ3) is 7.45. The van der Waals surface area contributed by atoms with Gasteiger partial charge in [-0.05, 0) is 45.4 Å². The summed E-state index contributed by atoms with van der Waals surface area (Å²) in [6.07, 6.45) is 6.33. The smallest absolute Gasteiger partial charge is 0.312 e. The van der Waals surface area contributed by atoms with Crippen molar-refractivity contribution in [2.24, 2.45) is 5.41 Å². The standard InChI is InChI=1S/C14H26F3NS/c1-12(2,3)18-11-13(7-5-4-6-8-13)9-10-19-14(15,16)17/h18H,4-11H2,1-3H3. The van der Waals surface area contributed by atoms with E-state index in [9.17, 15) is 13.2 Å². The predicted octanol–water partition coefficient (Wildman–Crippen LogP) is 4.97. The van der Waals surface area contributed by atoms with Crippen LogP contribution in [0.3, 0.4) is 0 Å². The zero-order chi connectivity index (χ0) is 14.6. The Kier molecular flexibility index (Phi) is 6.05. The molecule has 0 heterocycles. The van der Waals surface area contributed by atoms with Gasteiger partial charge in [0.25, 0.3) is 0 Å². The van der Waals surface area contributed by atoms with Crippen molar-refractivity contribution in [3.05, 3.63) is 0 Å². The monoisotopic (exact) mass is 297 g/mol. The molecule has 0 atom stereocenters. The Morgan fingerprint density at radius 3 is 2.11 bits per heavy atom. The van der Waals surface area contributed by atoms with Gasteiger partial charge in [-0.2, -0.15) is 13.2 Å². The number of hydrogen-bond acceptors (Lipinski definition) is 2. The summed E-state index contributed by atoms with van der Waals surface area (Å²) >= 11 is 0.131. The number of hydrogen-bond donors (Lipinski definition) is 1. The minimum Gasteiger partial charge on any atom is -0.312 e. The molecule has 1 rings (SSSR count). The second-order valence-corrected chi connectivity index (χ2v) is 7.87. The molecule has 0 spiro atoms. The Hall–Kier alpha value is 0.100. The zero-order valence-corrected chi connectivity index (χ0v) is 13.0. The molecule has 0 aromatic heterocycles. The maximum Gasteiger partial charge on any atom is 0.441 e. The van der Waals surface area contributed by atoms with Crippen LogP contribution in [0.25, 0.3) is 0 Å². The van der Waals surface area contributed by atoms with Crippen molar-refractivity contribution < 1.29 is 13.2 Å². The lowest BCUT2D eigenvalue weighted by atomic mass is 9.72. The van der Waals surface area contributed by atoms with Crippen molar-refractivity contribution in [3.63, 3.8) is 0 Å². The Morgan fingerprint density at radius 1 is 1.05 bits per heavy atom. The van der Waals surface area contributed by atoms with E-state index in [0.717, 1.165) is 32.2 Å². The van der Waals surface area contributed by atoms with Crippen molar-refractivity contribution in [1.82, 2.24) is 5.32 Å².